The lowest BCUT2D eigenvalue weighted by Gasteiger charge is -2.21. The highest BCUT2D eigenvalue weighted by molar-refractivity contribution is 6.00. The van der Waals surface area contributed by atoms with Gasteiger partial charge in [-0.2, -0.15) is 13.2 Å². The van der Waals surface area contributed by atoms with Crippen molar-refractivity contribution in [3.63, 3.8) is 0 Å². The maximum atomic E-state index is 15.6. The summed E-state index contributed by atoms with van der Waals surface area (Å²) >= 11 is 0. The Bertz CT molecular complexity index is 1860. The van der Waals surface area contributed by atoms with Crippen molar-refractivity contribution < 1.29 is 36.6 Å². The fraction of sp³-hybridized carbons (Fsp3) is 0.250. The lowest BCUT2D eigenvalue weighted by Crippen LogP contribution is -2.44. The molecule has 1 N–H and O–H groups in total. The van der Waals surface area contributed by atoms with E-state index in [1.54, 1.807) is 30.3 Å². The van der Waals surface area contributed by atoms with Gasteiger partial charge in [0.15, 0.2) is 11.6 Å². The first-order chi connectivity index (χ1) is 21.3. The molecular formula is C32H28F5N3O5. The molecule has 1 heterocycles. The van der Waals surface area contributed by atoms with Crippen molar-refractivity contribution in [1.82, 2.24) is 9.13 Å². The van der Waals surface area contributed by atoms with Crippen molar-refractivity contribution >= 4 is 11.7 Å². The van der Waals surface area contributed by atoms with Gasteiger partial charge in [0.25, 0.3) is 5.56 Å². The molecule has 0 spiro atoms. The highest BCUT2D eigenvalue weighted by atomic mass is 19.4. The third kappa shape index (κ3) is 7.19. The molecular weight excluding hydrogens is 601 g/mol. The molecule has 4 aromatic rings. The molecule has 0 atom stereocenters. The largest absolute Gasteiger partial charge is 0.494 e. The molecule has 13 heteroatoms. The number of benzene rings is 3. The van der Waals surface area contributed by atoms with E-state index in [0.29, 0.717) is 16.2 Å². The molecule has 0 saturated carbocycles. The number of rotatable bonds is 11. The molecule has 1 aromatic heterocycles. The van der Waals surface area contributed by atoms with Gasteiger partial charge in [-0.05, 0) is 37.1 Å². The quantitative estimate of drug-likeness (QED) is 0.130. The number of aliphatic imine (C=N–C) groups is 1. The van der Waals surface area contributed by atoms with Gasteiger partial charge in [0.2, 0.25) is 0 Å². The minimum atomic E-state index is -4.96. The van der Waals surface area contributed by atoms with Crippen LogP contribution in [0.15, 0.2) is 81.3 Å². The number of carboxylic acid groups (broad SMARTS) is 1. The minimum Gasteiger partial charge on any atom is -0.494 e. The van der Waals surface area contributed by atoms with E-state index >= 15 is 4.39 Å². The highest BCUT2D eigenvalue weighted by Gasteiger charge is 2.35. The van der Waals surface area contributed by atoms with Crippen molar-refractivity contribution in [2.24, 2.45) is 4.99 Å². The van der Waals surface area contributed by atoms with Gasteiger partial charge in [0.1, 0.15) is 5.82 Å². The van der Waals surface area contributed by atoms with E-state index in [2.05, 4.69) is 4.99 Å². The van der Waals surface area contributed by atoms with Crippen LogP contribution in [0.4, 0.5) is 22.0 Å². The number of halogens is 5. The molecule has 45 heavy (non-hydrogen) atoms. The van der Waals surface area contributed by atoms with Gasteiger partial charge < -0.3 is 9.84 Å². The van der Waals surface area contributed by atoms with E-state index in [1.807, 2.05) is 0 Å². The molecule has 0 bridgehead atoms. The molecule has 0 amide bonds. The van der Waals surface area contributed by atoms with Crippen molar-refractivity contribution in [1.29, 1.82) is 0 Å². The summed E-state index contributed by atoms with van der Waals surface area (Å²) < 4.78 is 78.7. The number of aliphatic carboxylic acids is 1. The van der Waals surface area contributed by atoms with Gasteiger partial charge in [-0.1, -0.05) is 48.5 Å². The van der Waals surface area contributed by atoms with Crippen LogP contribution in [0.3, 0.4) is 0 Å². The molecule has 236 valence electrons. The van der Waals surface area contributed by atoms with Gasteiger partial charge in [0, 0.05) is 29.8 Å². The Morgan fingerprint density at radius 3 is 2.29 bits per heavy atom. The number of aromatic nitrogens is 2. The monoisotopic (exact) mass is 629 g/mol. The Kier molecular flexibility index (Phi) is 10.00. The topological polar surface area (TPSA) is 103 Å². The van der Waals surface area contributed by atoms with Crippen LogP contribution in [0.2, 0.25) is 0 Å². The van der Waals surface area contributed by atoms with E-state index in [0.717, 1.165) is 16.7 Å². The van der Waals surface area contributed by atoms with Crippen LogP contribution in [-0.2, 0) is 24.1 Å². The van der Waals surface area contributed by atoms with E-state index in [-0.39, 0.29) is 47.7 Å². The predicted octanol–water partition coefficient (Wildman–Crippen LogP) is 5.69. The van der Waals surface area contributed by atoms with Gasteiger partial charge in [-0.3, -0.25) is 23.7 Å². The lowest BCUT2D eigenvalue weighted by atomic mass is 10.0. The summed E-state index contributed by atoms with van der Waals surface area (Å²) in [7, 11) is 1.21. The number of ether oxygens (including phenoxy) is 1. The standard InChI is InChI=1S/C32H28F5N3O5/c1-19-28(21-11-6-14-26(45-2)29(21)34)30(43)40(18-25(20-9-4-3-5-10-20)38-16-8-15-27(41)42)31(44)39(19)17-22-23(32(35,36)37)12-7-13-24(22)33/h3-7,9-14H,8,15-18H2,1-2H3,(H,41,42). The predicted molar refractivity (Wildman–Crippen MR) is 157 cm³/mol. The molecule has 0 saturated heterocycles. The Hall–Kier alpha value is -5.07. The van der Waals surface area contributed by atoms with Crippen LogP contribution in [-0.4, -0.2) is 39.6 Å². The third-order valence-corrected chi connectivity index (χ3v) is 7.15. The van der Waals surface area contributed by atoms with Gasteiger partial charge >= 0.3 is 17.8 Å². The van der Waals surface area contributed by atoms with Crippen molar-refractivity contribution in [2.45, 2.75) is 39.0 Å². The van der Waals surface area contributed by atoms with Crippen LogP contribution in [0.25, 0.3) is 11.1 Å². The lowest BCUT2D eigenvalue weighted by molar-refractivity contribution is -0.138. The first-order valence-corrected chi connectivity index (χ1v) is 13.7. The summed E-state index contributed by atoms with van der Waals surface area (Å²) in [5.74, 6) is -3.45. The van der Waals surface area contributed by atoms with Gasteiger partial charge in [-0.15, -0.1) is 0 Å². The maximum Gasteiger partial charge on any atom is 0.416 e. The average Bonchev–Trinajstić information content (AvgIpc) is 2.99. The molecule has 0 fully saturated rings. The number of nitrogens with zero attached hydrogens (tertiary/aromatic N) is 3. The van der Waals surface area contributed by atoms with E-state index in [4.69, 9.17) is 9.84 Å². The number of alkyl halides is 3. The summed E-state index contributed by atoms with van der Waals surface area (Å²) in [5.41, 5.74) is -4.39. The number of hydrogen-bond acceptors (Lipinski definition) is 5. The van der Waals surface area contributed by atoms with E-state index < -0.39 is 59.2 Å². The van der Waals surface area contributed by atoms with Crippen molar-refractivity contribution in [2.75, 3.05) is 13.7 Å². The summed E-state index contributed by atoms with van der Waals surface area (Å²) in [5, 5.41) is 8.99. The second-order valence-electron chi connectivity index (χ2n) is 10.00. The van der Waals surface area contributed by atoms with Gasteiger partial charge in [0.05, 0.1) is 37.0 Å². The highest BCUT2D eigenvalue weighted by Crippen LogP contribution is 2.34. The summed E-state index contributed by atoms with van der Waals surface area (Å²) in [6.45, 7) is -0.154. The zero-order valence-electron chi connectivity index (χ0n) is 24.2. The fourth-order valence-electron chi connectivity index (χ4n) is 4.90. The zero-order valence-corrected chi connectivity index (χ0v) is 24.2. The molecule has 0 aliphatic carbocycles. The van der Waals surface area contributed by atoms with E-state index in [1.165, 1.54) is 32.2 Å². The van der Waals surface area contributed by atoms with Crippen LogP contribution in [0.5, 0.6) is 5.75 Å². The first kappa shape index (κ1) is 32.8. The Balaban J connectivity index is 2.00. The SMILES string of the molecule is COc1cccc(-c2c(C)n(Cc3c(F)cccc3C(F)(F)F)c(=O)n(CC(=NCCCC(=O)O)c3ccccc3)c2=O)c1F. The molecule has 8 nitrogen and oxygen atoms in total. The summed E-state index contributed by atoms with van der Waals surface area (Å²) in [4.78, 5) is 43.4. The van der Waals surface area contributed by atoms with Crippen LogP contribution in [0, 0.1) is 18.6 Å². The van der Waals surface area contributed by atoms with Crippen molar-refractivity contribution in [3.8, 4) is 16.9 Å². The Morgan fingerprint density at radius 1 is 0.956 bits per heavy atom. The number of methoxy groups -OCH3 is 1. The number of carbonyl (C=O) groups is 1. The molecule has 0 unspecified atom stereocenters. The van der Waals surface area contributed by atoms with Crippen LogP contribution in [0.1, 0.15) is 35.2 Å². The average molecular weight is 630 g/mol. The minimum absolute atomic E-state index is 0.0207. The second-order valence-corrected chi connectivity index (χ2v) is 10.00. The first-order valence-electron chi connectivity index (χ1n) is 13.7. The zero-order chi connectivity index (χ0) is 32.9. The molecule has 4 rings (SSSR count). The maximum absolute atomic E-state index is 15.6. The normalized spacial score (nSPS) is 11.9. The number of hydrogen-bond donors (Lipinski definition) is 1. The van der Waals surface area contributed by atoms with Crippen molar-refractivity contribution in [3.05, 3.63) is 122 Å². The Labute approximate surface area is 253 Å². The number of carboxylic acids is 1. The second kappa shape index (κ2) is 13.7. The summed E-state index contributed by atoms with van der Waals surface area (Å²) in [6, 6.07) is 14.7. The molecule has 0 radical (unpaired) electrons. The summed E-state index contributed by atoms with van der Waals surface area (Å²) in [6.07, 6.45) is -5.01. The van der Waals surface area contributed by atoms with E-state index in [9.17, 15) is 31.9 Å². The third-order valence-electron chi connectivity index (χ3n) is 7.15. The molecule has 0 aliphatic rings. The van der Waals surface area contributed by atoms with Crippen LogP contribution >= 0.6 is 0 Å². The fourth-order valence-corrected chi connectivity index (χ4v) is 4.90. The smallest absolute Gasteiger partial charge is 0.416 e. The molecule has 0 aliphatic heterocycles. The van der Waals surface area contributed by atoms with Gasteiger partial charge in [-0.25, -0.2) is 13.6 Å². The molecule has 3 aromatic carbocycles. The Morgan fingerprint density at radius 2 is 1.64 bits per heavy atom. The van der Waals surface area contributed by atoms with Crippen LogP contribution < -0.4 is 16.0 Å².